The minimum Gasteiger partial charge on any atom is -0.368 e. The molecule has 0 bridgehead atoms. The summed E-state index contributed by atoms with van der Waals surface area (Å²) < 4.78 is 12.0. The Hall–Kier alpha value is -2.37. The van der Waals surface area contributed by atoms with Crippen LogP contribution in [0.25, 0.3) is 0 Å². The quantitative estimate of drug-likeness (QED) is 0.594. The van der Waals surface area contributed by atoms with Crippen molar-refractivity contribution in [3.63, 3.8) is 0 Å². The smallest absolute Gasteiger partial charge is 0.325 e. The normalized spacial score (nSPS) is 12.3. The average Bonchev–Trinajstić information content (AvgIpc) is 2.56. The summed E-state index contributed by atoms with van der Waals surface area (Å²) in [6, 6.07) is 0. The topological polar surface area (TPSA) is 77.8 Å². The first-order chi connectivity index (χ1) is 7.70. The van der Waals surface area contributed by atoms with Crippen LogP contribution in [-0.2, 0) is 0 Å². The molecule has 0 unspecified atom stereocenters. The van der Waals surface area contributed by atoms with Gasteiger partial charge in [-0.05, 0) is 12.2 Å². The van der Waals surface area contributed by atoms with Gasteiger partial charge in [0.15, 0.2) is 0 Å². The first kappa shape index (κ1) is 11.7. The van der Waals surface area contributed by atoms with Crippen LogP contribution >= 0.6 is 0 Å². The summed E-state index contributed by atoms with van der Waals surface area (Å²) in [5, 5.41) is 2.92. The lowest BCUT2D eigenvalue weighted by molar-refractivity contribution is 0.597. The maximum atomic E-state index is 12.0. The van der Waals surface area contributed by atoms with Crippen LogP contribution < -0.4 is 16.6 Å². The second kappa shape index (κ2) is 6.18. The molecule has 0 radical (unpaired) electrons. The Morgan fingerprint density at radius 3 is 2.12 bits per heavy atom. The van der Waals surface area contributed by atoms with Gasteiger partial charge in [-0.15, -0.1) is 0 Å². The van der Waals surface area contributed by atoms with Crippen LogP contribution in [-0.4, -0.2) is 9.97 Å². The minimum absolute atomic E-state index is 0.707. The molecular weight excluding hydrogens is 213 g/mol. The monoisotopic (exact) mass is 223 g/mol. The second-order valence-electron chi connectivity index (χ2n) is 2.69. The SMILES string of the molecule is C1=CC=CNC=C1.O=c1[nH]cc(F)c(=O)[nH]1. The Labute approximate surface area is 90.0 Å². The molecule has 0 aliphatic carbocycles. The molecule has 5 nitrogen and oxygen atoms in total. The molecule has 1 aromatic heterocycles. The highest BCUT2D eigenvalue weighted by atomic mass is 19.1. The Morgan fingerprint density at radius 1 is 1.00 bits per heavy atom. The molecule has 0 amide bonds. The maximum absolute atomic E-state index is 12.0. The molecule has 0 fully saturated rings. The van der Waals surface area contributed by atoms with Gasteiger partial charge in [0.2, 0.25) is 5.82 Å². The zero-order valence-electron chi connectivity index (χ0n) is 8.24. The van der Waals surface area contributed by atoms with Crippen LogP contribution in [0.2, 0.25) is 0 Å². The van der Waals surface area contributed by atoms with Crippen LogP contribution in [0.4, 0.5) is 4.39 Å². The second-order valence-corrected chi connectivity index (χ2v) is 2.69. The fourth-order valence-corrected chi connectivity index (χ4v) is 0.799. The molecule has 6 heteroatoms. The van der Waals surface area contributed by atoms with Gasteiger partial charge in [0.05, 0.1) is 0 Å². The summed E-state index contributed by atoms with van der Waals surface area (Å²) in [5.41, 5.74) is -1.71. The Kier molecular flexibility index (Phi) is 4.52. The molecule has 0 atom stereocenters. The Bertz CT molecular complexity index is 511. The molecule has 2 rings (SSSR count). The molecule has 0 aromatic carbocycles. The summed E-state index contributed by atoms with van der Waals surface area (Å²) in [4.78, 5) is 24.0. The van der Waals surface area contributed by atoms with Crippen LogP contribution in [0.3, 0.4) is 0 Å². The standard InChI is InChI=1S/C6H7N.C4H3FN2O2/c1-2-4-6-7-5-3-1;5-2-1-6-4(9)7-3(2)8/h1-7H;1H,(H2,6,7,8,9). The van der Waals surface area contributed by atoms with Gasteiger partial charge in [-0.3, -0.25) is 9.78 Å². The van der Waals surface area contributed by atoms with E-state index in [-0.39, 0.29) is 0 Å². The van der Waals surface area contributed by atoms with Crippen molar-refractivity contribution >= 4 is 0 Å². The molecule has 1 aromatic rings. The van der Waals surface area contributed by atoms with E-state index in [9.17, 15) is 14.0 Å². The molecule has 1 aliphatic rings. The number of aromatic nitrogens is 2. The van der Waals surface area contributed by atoms with Crippen molar-refractivity contribution < 1.29 is 4.39 Å². The number of hydrogen-bond donors (Lipinski definition) is 3. The van der Waals surface area contributed by atoms with E-state index in [0.717, 1.165) is 0 Å². The van der Waals surface area contributed by atoms with E-state index in [1.165, 1.54) is 0 Å². The zero-order valence-corrected chi connectivity index (χ0v) is 8.24. The van der Waals surface area contributed by atoms with Gasteiger partial charge < -0.3 is 10.3 Å². The lowest BCUT2D eigenvalue weighted by Gasteiger charge is -1.81. The van der Waals surface area contributed by atoms with E-state index < -0.39 is 17.1 Å². The number of aromatic amines is 2. The minimum atomic E-state index is -1.00. The van der Waals surface area contributed by atoms with E-state index in [1.54, 1.807) is 4.98 Å². The summed E-state index contributed by atoms with van der Waals surface area (Å²) in [5.74, 6) is -0.991. The van der Waals surface area contributed by atoms with Crippen molar-refractivity contribution in [3.05, 3.63) is 69.6 Å². The molecule has 84 valence electrons. The predicted molar refractivity (Wildman–Crippen MR) is 58.2 cm³/mol. The molecule has 1 aliphatic heterocycles. The third kappa shape index (κ3) is 4.23. The fraction of sp³-hybridized carbons (Fsp3) is 0. The van der Waals surface area contributed by atoms with E-state index in [2.05, 4.69) is 5.32 Å². The fourth-order valence-electron chi connectivity index (χ4n) is 0.799. The summed E-state index contributed by atoms with van der Waals surface area (Å²) >= 11 is 0. The van der Waals surface area contributed by atoms with Gasteiger partial charge in [-0.2, -0.15) is 4.39 Å². The lowest BCUT2D eigenvalue weighted by atomic mass is 10.5. The number of H-pyrrole nitrogens is 2. The van der Waals surface area contributed by atoms with Gasteiger partial charge in [0.25, 0.3) is 5.56 Å². The van der Waals surface area contributed by atoms with Crippen LogP contribution in [0.5, 0.6) is 0 Å². The number of hydrogen-bond acceptors (Lipinski definition) is 3. The first-order valence-electron chi connectivity index (χ1n) is 4.42. The molecule has 0 saturated carbocycles. The van der Waals surface area contributed by atoms with Gasteiger partial charge in [-0.1, -0.05) is 12.2 Å². The van der Waals surface area contributed by atoms with Crippen molar-refractivity contribution in [1.29, 1.82) is 0 Å². The third-order valence-electron chi connectivity index (χ3n) is 1.49. The van der Waals surface area contributed by atoms with Crippen molar-refractivity contribution in [2.45, 2.75) is 0 Å². The molecular formula is C10H10FN3O2. The molecule has 16 heavy (non-hydrogen) atoms. The third-order valence-corrected chi connectivity index (χ3v) is 1.49. The Balaban J connectivity index is 0.000000165. The highest BCUT2D eigenvalue weighted by Crippen LogP contribution is 1.81. The molecule has 2 heterocycles. The number of nitrogens with one attached hydrogen (secondary N) is 3. The highest BCUT2D eigenvalue weighted by molar-refractivity contribution is 5.14. The van der Waals surface area contributed by atoms with Crippen LogP contribution in [0.1, 0.15) is 0 Å². The van der Waals surface area contributed by atoms with Gasteiger partial charge >= 0.3 is 5.69 Å². The average molecular weight is 223 g/mol. The molecule has 3 N–H and O–H groups in total. The summed E-state index contributed by atoms with van der Waals surface area (Å²) in [7, 11) is 0. The number of rotatable bonds is 0. The maximum Gasteiger partial charge on any atom is 0.325 e. The largest absolute Gasteiger partial charge is 0.368 e. The van der Waals surface area contributed by atoms with Crippen LogP contribution in [0.15, 0.2) is 52.5 Å². The number of halogens is 1. The van der Waals surface area contributed by atoms with E-state index in [4.69, 9.17) is 0 Å². The van der Waals surface area contributed by atoms with E-state index in [1.807, 2.05) is 41.7 Å². The predicted octanol–water partition coefficient (Wildman–Crippen LogP) is 0.375. The highest BCUT2D eigenvalue weighted by Gasteiger charge is 1.93. The van der Waals surface area contributed by atoms with Crippen molar-refractivity contribution in [2.75, 3.05) is 0 Å². The summed E-state index contributed by atoms with van der Waals surface area (Å²) in [6.45, 7) is 0. The van der Waals surface area contributed by atoms with Gasteiger partial charge in [-0.25, -0.2) is 4.79 Å². The number of allylic oxidation sites excluding steroid dienone is 4. The molecule has 0 spiro atoms. The van der Waals surface area contributed by atoms with Crippen molar-refractivity contribution in [3.8, 4) is 0 Å². The zero-order chi connectivity index (χ0) is 11.8. The first-order valence-corrected chi connectivity index (χ1v) is 4.42. The molecule has 0 saturated heterocycles. The van der Waals surface area contributed by atoms with Crippen molar-refractivity contribution in [1.82, 2.24) is 15.3 Å². The lowest BCUT2D eigenvalue weighted by Crippen LogP contribution is -2.23. The van der Waals surface area contributed by atoms with Gasteiger partial charge in [0, 0.05) is 18.6 Å². The summed E-state index contributed by atoms with van der Waals surface area (Å²) in [6.07, 6.45) is 12.3. The van der Waals surface area contributed by atoms with E-state index >= 15 is 0 Å². The van der Waals surface area contributed by atoms with Crippen LogP contribution in [0, 0.1) is 5.82 Å². The van der Waals surface area contributed by atoms with E-state index in [0.29, 0.717) is 6.20 Å². The Morgan fingerprint density at radius 2 is 1.62 bits per heavy atom. The van der Waals surface area contributed by atoms with Gasteiger partial charge in [0.1, 0.15) is 0 Å². The van der Waals surface area contributed by atoms with Crippen molar-refractivity contribution in [2.24, 2.45) is 0 Å².